The third-order valence-electron chi connectivity index (χ3n) is 8.91. The summed E-state index contributed by atoms with van der Waals surface area (Å²) < 4.78 is 23.2. The van der Waals surface area contributed by atoms with Gasteiger partial charge in [0.2, 0.25) is 0 Å². The lowest BCUT2D eigenvalue weighted by atomic mass is 9.60. The Balaban J connectivity index is 1.52. The molecule has 0 spiro atoms. The maximum absolute atomic E-state index is 5.85. The quantitative estimate of drug-likeness (QED) is 0.801. The molecule has 11 unspecified atom stereocenters. The largest absolute Gasteiger partial charge is 0.379 e. The van der Waals surface area contributed by atoms with Crippen molar-refractivity contribution >= 4 is 0 Å². The Morgan fingerprint density at radius 1 is 0.630 bits per heavy atom. The first-order chi connectivity index (χ1) is 13.1. The third kappa shape index (κ3) is 3.48. The Labute approximate surface area is 165 Å². The first-order valence-corrected chi connectivity index (χ1v) is 11.1. The molecule has 0 bridgehead atoms. The van der Waals surface area contributed by atoms with E-state index in [1.165, 1.54) is 38.6 Å². The van der Waals surface area contributed by atoms with Crippen molar-refractivity contribution in [2.45, 2.75) is 81.9 Å². The predicted molar refractivity (Wildman–Crippen MR) is 104 cm³/mol. The van der Waals surface area contributed by atoms with Crippen LogP contribution >= 0.6 is 0 Å². The lowest BCUT2D eigenvalue weighted by molar-refractivity contribution is -0.970. The first kappa shape index (κ1) is 20.1. The zero-order valence-electron chi connectivity index (χ0n) is 17.9. The van der Waals surface area contributed by atoms with Crippen LogP contribution in [0.3, 0.4) is 0 Å². The standard InChI is InChI=1S/C22H39NO4/c1-13-16-11-21(26-4)20(25-3)10-15(16)8-18-17-12-22(27-5)19(24-2)9-14(17)6-7-23(13)18/h13-22H,6-12H2,1-5H3/p+1. The van der Waals surface area contributed by atoms with Crippen molar-refractivity contribution in [1.82, 2.24) is 0 Å². The lowest BCUT2D eigenvalue weighted by Gasteiger charge is -2.57. The molecule has 4 rings (SSSR count). The van der Waals surface area contributed by atoms with E-state index in [9.17, 15) is 0 Å². The highest BCUT2D eigenvalue weighted by Gasteiger charge is 2.55. The number of quaternary nitrogens is 1. The summed E-state index contributed by atoms with van der Waals surface area (Å²) >= 11 is 0. The zero-order chi connectivity index (χ0) is 19.1. The van der Waals surface area contributed by atoms with Crippen LogP contribution in [0.2, 0.25) is 0 Å². The van der Waals surface area contributed by atoms with Gasteiger partial charge in [-0.1, -0.05) is 0 Å². The number of piperidine rings is 2. The molecule has 0 aromatic rings. The van der Waals surface area contributed by atoms with Gasteiger partial charge in [0.1, 0.15) is 0 Å². The van der Waals surface area contributed by atoms with Crippen LogP contribution in [-0.4, -0.2) is 71.5 Å². The molecule has 27 heavy (non-hydrogen) atoms. The van der Waals surface area contributed by atoms with Gasteiger partial charge >= 0.3 is 0 Å². The van der Waals surface area contributed by atoms with Crippen LogP contribution in [0.15, 0.2) is 0 Å². The number of rotatable bonds is 4. The molecule has 4 fully saturated rings. The van der Waals surface area contributed by atoms with E-state index in [2.05, 4.69) is 6.92 Å². The molecule has 4 aliphatic rings. The number of nitrogens with one attached hydrogen (secondary N) is 1. The van der Waals surface area contributed by atoms with Gasteiger partial charge in [0.15, 0.2) is 0 Å². The minimum atomic E-state index is 0.264. The molecule has 11 atom stereocenters. The van der Waals surface area contributed by atoms with Crippen molar-refractivity contribution in [3.05, 3.63) is 0 Å². The molecule has 5 nitrogen and oxygen atoms in total. The molecule has 0 aromatic carbocycles. The Hall–Kier alpha value is -0.200. The predicted octanol–water partition coefficient (Wildman–Crippen LogP) is 1.55. The summed E-state index contributed by atoms with van der Waals surface area (Å²) in [5.41, 5.74) is 0. The molecule has 2 saturated carbocycles. The molecule has 156 valence electrons. The van der Waals surface area contributed by atoms with Crippen LogP contribution in [0.25, 0.3) is 0 Å². The first-order valence-electron chi connectivity index (χ1n) is 11.1. The van der Waals surface area contributed by atoms with E-state index >= 15 is 0 Å². The monoisotopic (exact) mass is 382 g/mol. The molecule has 2 aliphatic carbocycles. The van der Waals surface area contributed by atoms with Gasteiger partial charge < -0.3 is 23.8 Å². The van der Waals surface area contributed by atoms with Gasteiger partial charge in [-0.2, -0.15) is 0 Å². The van der Waals surface area contributed by atoms with Crippen molar-refractivity contribution in [3.63, 3.8) is 0 Å². The van der Waals surface area contributed by atoms with Crippen LogP contribution < -0.4 is 4.90 Å². The van der Waals surface area contributed by atoms with E-state index in [0.29, 0.717) is 0 Å². The number of ether oxygens (including phenoxy) is 4. The molecule has 0 amide bonds. The minimum absolute atomic E-state index is 0.264. The van der Waals surface area contributed by atoms with Crippen molar-refractivity contribution < 1.29 is 23.8 Å². The second-order valence-electron chi connectivity index (χ2n) is 9.63. The lowest BCUT2D eigenvalue weighted by Crippen LogP contribution is -3.22. The van der Waals surface area contributed by atoms with Crippen molar-refractivity contribution in [2.75, 3.05) is 35.0 Å². The van der Waals surface area contributed by atoms with E-state index in [-0.39, 0.29) is 24.4 Å². The van der Waals surface area contributed by atoms with Gasteiger partial charge in [0.05, 0.1) is 43.0 Å². The van der Waals surface area contributed by atoms with Crippen LogP contribution in [0.4, 0.5) is 0 Å². The molecule has 1 N–H and O–H groups in total. The normalized spacial score (nSPS) is 52.6. The summed E-state index contributed by atoms with van der Waals surface area (Å²) in [7, 11) is 7.42. The highest BCUT2D eigenvalue weighted by Crippen LogP contribution is 2.45. The van der Waals surface area contributed by atoms with Gasteiger partial charge in [-0.25, -0.2) is 0 Å². The second-order valence-corrected chi connectivity index (χ2v) is 9.63. The number of hydrogen-bond donors (Lipinski definition) is 1. The Kier molecular flexibility index (Phi) is 6.15. The highest BCUT2D eigenvalue weighted by molar-refractivity contribution is 4.98. The molecular formula is C22H40NO4+. The fourth-order valence-corrected chi connectivity index (χ4v) is 7.48. The molecule has 2 aliphatic heterocycles. The van der Waals surface area contributed by atoms with Crippen LogP contribution in [0.5, 0.6) is 0 Å². The molecule has 0 aromatic heterocycles. The molecule has 2 heterocycles. The third-order valence-corrected chi connectivity index (χ3v) is 8.91. The molecule has 2 saturated heterocycles. The average molecular weight is 383 g/mol. The molecule has 5 heteroatoms. The summed E-state index contributed by atoms with van der Waals surface area (Å²) in [6.45, 7) is 3.84. The Bertz CT molecular complexity index is 503. The molecule has 0 radical (unpaired) electrons. The van der Waals surface area contributed by atoms with Crippen molar-refractivity contribution in [3.8, 4) is 0 Å². The van der Waals surface area contributed by atoms with E-state index in [1.54, 1.807) is 0 Å². The van der Waals surface area contributed by atoms with Crippen LogP contribution in [0, 0.1) is 23.7 Å². The van der Waals surface area contributed by atoms with Crippen molar-refractivity contribution in [2.24, 2.45) is 23.7 Å². The number of fused-ring (bicyclic) bond motifs is 4. The SMILES string of the molecule is COC1CC2CC3C4CC(OC)C(OC)CC4CC[NH+]3C(C)C2CC1OC. The van der Waals surface area contributed by atoms with Gasteiger partial charge in [0.25, 0.3) is 0 Å². The van der Waals surface area contributed by atoms with E-state index < -0.39 is 0 Å². The summed E-state index contributed by atoms with van der Waals surface area (Å²) in [6, 6.07) is 1.51. The minimum Gasteiger partial charge on any atom is -0.379 e. The summed E-state index contributed by atoms with van der Waals surface area (Å²) in [5, 5.41) is 0. The summed E-state index contributed by atoms with van der Waals surface area (Å²) in [6.07, 6.45) is 8.46. The zero-order valence-corrected chi connectivity index (χ0v) is 17.9. The maximum atomic E-state index is 5.85. The van der Waals surface area contributed by atoms with Gasteiger partial charge in [0, 0.05) is 46.7 Å². The van der Waals surface area contributed by atoms with Crippen LogP contribution in [0.1, 0.15) is 45.4 Å². The summed E-state index contributed by atoms with van der Waals surface area (Å²) in [5.74, 6) is 3.16. The Morgan fingerprint density at radius 3 is 1.74 bits per heavy atom. The van der Waals surface area contributed by atoms with Gasteiger partial charge in [-0.3, -0.25) is 0 Å². The topological polar surface area (TPSA) is 41.4 Å². The maximum Gasteiger partial charge on any atom is 0.0911 e. The van der Waals surface area contributed by atoms with Crippen molar-refractivity contribution in [1.29, 1.82) is 0 Å². The smallest absolute Gasteiger partial charge is 0.0911 e. The van der Waals surface area contributed by atoms with E-state index in [4.69, 9.17) is 18.9 Å². The fourth-order valence-electron chi connectivity index (χ4n) is 7.48. The second kappa shape index (κ2) is 8.27. The number of methoxy groups -OCH3 is 4. The van der Waals surface area contributed by atoms with E-state index in [0.717, 1.165) is 42.2 Å². The Morgan fingerprint density at radius 2 is 1.15 bits per heavy atom. The van der Waals surface area contributed by atoms with Crippen LogP contribution in [-0.2, 0) is 18.9 Å². The fraction of sp³-hybridized carbons (Fsp3) is 1.00. The molecular weight excluding hydrogens is 342 g/mol. The van der Waals surface area contributed by atoms with E-state index in [1.807, 2.05) is 33.3 Å². The highest BCUT2D eigenvalue weighted by atomic mass is 16.5. The average Bonchev–Trinajstić information content (AvgIpc) is 2.71. The van der Waals surface area contributed by atoms with Gasteiger partial charge in [-0.05, 0) is 50.9 Å². The van der Waals surface area contributed by atoms with Gasteiger partial charge in [-0.15, -0.1) is 0 Å². The summed E-state index contributed by atoms with van der Waals surface area (Å²) in [4.78, 5) is 1.87. The number of hydrogen-bond acceptors (Lipinski definition) is 4.